The standard InChI is InChI=1S/C34H40F2N6O2/c1-21-33(22(2)44-39-21)24-6-9-30-29(18-24)38-34(31-4-3-5-32(43)41(31)26-7-8-27(35)28(36)19-26)42(30)25-12-16-40(17-13-25)20-23-10-14-37-15-11-23/h6-9,18-19,23,25,31,37H,3-5,10-17,20H2,1-2H3. The second kappa shape index (κ2) is 12.0. The van der Waals surface area contributed by atoms with Gasteiger partial charge in [0.25, 0.3) is 0 Å². The van der Waals surface area contributed by atoms with Crippen molar-refractivity contribution in [2.75, 3.05) is 37.6 Å². The summed E-state index contributed by atoms with van der Waals surface area (Å²) in [6.07, 6.45) is 6.21. The zero-order valence-electron chi connectivity index (χ0n) is 25.5. The number of nitrogens with one attached hydrogen (secondary N) is 1. The van der Waals surface area contributed by atoms with Crippen molar-refractivity contribution >= 4 is 22.6 Å². The van der Waals surface area contributed by atoms with Crippen molar-refractivity contribution in [1.82, 2.24) is 24.9 Å². The van der Waals surface area contributed by atoms with Crippen LogP contribution in [0.15, 0.2) is 40.9 Å². The van der Waals surface area contributed by atoms with Crippen molar-refractivity contribution < 1.29 is 18.1 Å². The average Bonchev–Trinajstić information content (AvgIpc) is 3.58. The summed E-state index contributed by atoms with van der Waals surface area (Å²) in [6, 6.07) is 9.87. The van der Waals surface area contributed by atoms with Crippen LogP contribution in [0.1, 0.15) is 74.3 Å². The highest BCUT2D eigenvalue weighted by Gasteiger charge is 2.37. The van der Waals surface area contributed by atoms with E-state index in [0.29, 0.717) is 24.9 Å². The number of rotatable bonds is 6. The van der Waals surface area contributed by atoms with Crippen LogP contribution in [0.2, 0.25) is 0 Å². The molecule has 10 heteroatoms. The molecule has 3 fully saturated rings. The Labute approximate surface area is 256 Å². The number of likely N-dealkylation sites (tertiary alicyclic amines) is 1. The fourth-order valence-electron chi connectivity index (χ4n) is 7.65. The van der Waals surface area contributed by atoms with Crippen LogP contribution < -0.4 is 10.2 Å². The Bertz CT molecular complexity index is 1650. The first-order valence-electron chi connectivity index (χ1n) is 16.0. The van der Waals surface area contributed by atoms with E-state index in [1.165, 1.54) is 18.9 Å². The summed E-state index contributed by atoms with van der Waals surface area (Å²) < 4.78 is 36.1. The van der Waals surface area contributed by atoms with Crippen molar-refractivity contribution in [3.8, 4) is 11.1 Å². The van der Waals surface area contributed by atoms with Gasteiger partial charge in [0.15, 0.2) is 11.6 Å². The normalized spacial score (nSPS) is 21.0. The molecule has 1 unspecified atom stereocenters. The minimum Gasteiger partial charge on any atom is -0.361 e. The van der Waals surface area contributed by atoms with E-state index in [-0.39, 0.29) is 18.0 Å². The molecule has 1 atom stereocenters. The molecule has 4 aromatic rings. The molecule has 1 N–H and O–H groups in total. The number of anilines is 1. The van der Waals surface area contributed by atoms with Crippen molar-refractivity contribution in [3.05, 3.63) is 65.3 Å². The molecular formula is C34H40F2N6O2. The Hall–Kier alpha value is -3.63. The maximum atomic E-state index is 14.4. The molecule has 232 valence electrons. The van der Waals surface area contributed by atoms with E-state index in [1.807, 2.05) is 13.8 Å². The largest absolute Gasteiger partial charge is 0.361 e. The highest BCUT2D eigenvalue weighted by molar-refractivity contribution is 5.95. The van der Waals surface area contributed by atoms with Crippen LogP contribution in [-0.2, 0) is 4.79 Å². The zero-order valence-corrected chi connectivity index (χ0v) is 25.5. The number of aromatic nitrogens is 3. The molecule has 0 radical (unpaired) electrons. The fraction of sp³-hybridized carbons (Fsp3) is 0.500. The Morgan fingerprint density at radius 3 is 2.50 bits per heavy atom. The molecule has 0 bridgehead atoms. The van der Waals surface area contributed by atoms with Crippen molar-refractivity contribution in [3.63, 3.8) is 0 Å². The van der Waals surface area contributed by atoms with E-state index in [4.69, 9.17) is 9.51 Å². The molecule has 44 heavy (non-hydrogen) atoms. The Morgan fingerprint density at radius 2 is 1.77 bits per heavy atom. The van der Waals surface area contributed by atoms with Gasteiger partial charge in [0, 0.05) is 49.4 Å². The average molecular weight is 603 g/mol. The summed E-state index contributed by atoms with van der Waals surface area (Å²) in [5.41, 5.74) is 5.01. The number of hydrogen-bond acceptors (Lipinski definition) is 6. The number of hydrogen-bond donors (Lipinski definition) is 1. The molecular weight excluding hydrogens is 562 g/mol. The van der Waals surface area contributed by atoms with Gasteiger partial charge in [-0.2, -0.15) is 0 Å². The first-order valence-corrected chi connectivity index (χ1v) is 16.0. The van der Waals surface area contributed by atoms with Gasteiger partial charge < -0.3 is 24.2 Å². The molecule has 0 spiro atoms. The van der Waals surface area contributed by atoms with Gasteiger partial charge in [-0.15, -0.1) is 0 Å². The molecule has 7 rings (SSSR count). The number of fused-ring (bicyclic) bond motifs is 1. The van der Waals surface area contributed by atoms with Gasteiger partial charge in [-0.3, -0.25) is 4.79 Å². The number of aryl methyl sites for hydroxylation is 2. The summed E-state index contributed by atoms with van der Waals surface area (Å²) in [4.78, 5) is 22.9. The Morgan fingerprint density at radius 1 is 0.977 bits per heavy atom. The SMILES string of the molecule is Cc1noc(C)c1-c1ccc2c(c1)nc(C1CCCC(=O)N1c1ccc(F)c(F)c1)n2C1CCN(CC2CCNCC2)CC1. The summed E-state index contributed by atoms with van der Waals surface area (Å²) in [5, 5.41) is 7.62. The van der Waals surface area contributed by atoms with Gasteiger partial charge in [0.2, 0.25) is 5.91 Å². The van der Waals surface area contributed by atoms with Gasteiger partial charge in [-0.05, 0) is 101 Å². The number of benzene rings is 2. The van der Waals surface area contributed by atoms with Crippen LogP contribution in [0.3, 0.4) is 0 Å². The maximum Gasteiger partial charge on any atom is 0.227 e. The molecule has 1 amide bonds. The smallest absolute Gasteiger partial charge is 0.227 e. The predicted molar refractivity (Wildman–Crippen MR) is 165 cm³/mol. The second-order valence-electron chi connectivity index (χ2n) is 12.7. The van der Waals surface area contributed by atoms with Crippen LogP contribution in [0.25, 0.3) is 22.2 Å². The van der Waals surface area contributed by atoms with Gasteiger partial charge in [-0.1, -0.05) is 11.2 Å². The van der Waals surface area contributed by atoms with Crippen LogP contribution >= 0.6 is 0 Å². The van der Waals surface area contributed by atoms with Crippen molar-refractivity contribution in [2.45, 2.75) is 70.9 Å². The highest BCUT2D eigenvalue weighted by atomic mass is 19.2. The van der Waals surface area contributed by atoms with Gasteiger partial charge in [-0.25, -0.2) is 13.8 Å². The van der Waals surface area contributed by atoms with E-state index in [1.54, 1.807) is 4.90 Å². The summed E-state index contributed by atoms with van der Waals surface area (Å²) in [5.74, 6) is 0.330. The third kappa shape index (κ3) is 5.43. The molecule has 5 heterocycles. The third-order valence-electron chi connectivity index (χ3n) is 9.86. The third-order valence-corrected chi connectivity index (χ3v) is 9.86. The molecule has 0 saturated carbocycles. The van der Waals surface area contributed by atoms with Gasteiger partial charge in [0.1, 0.15) is 11.6 Å². The second-order valence-corrected chi connectivity index (χ2v) is 12.7. The number of carbonyl (C=O) groups is 1. The van der Waals surface area contributed by atoms with E-state index in [2.05, 4.69) is 38.1 Å². The molecule has 2 aromatic heterocycles. The molecule has 3 aliphatic heterocycles. The van der Waals surface area contributed by atoms with Crippen molar-refractivity contribution in [1.29, 1.82) is 0 Å². The fourth-order valence-corrected chi connectivity index (χ4v) is 7.65. The summed E-state index contributed by atoms with van der Waals surface area (Å²) in [7, 11) is 0. The van der Waals surface area contributed by atoms with Crippen LogP contribution in [0, 0.1) is 31.4 Å². The molecule has 3 aliphatic rings. The molecule has 2 aromatic carbocycles. The number of amides is 1. The lowest BCUT2D eigenvalue weighted by molar-refractivity contribution is -0.120. The van der Waals surface area contributed by atoms with Crippen molar-refractivity contribution in [2.24, 2.45) is 5.92 Å². The van der Waals surface area contributed by atoms with E-state index < -0.39 is 11.6 Å². The Kier molecular flexibility index (Phi) is 7.97. The van der Waals surface area contributed by atoms with Crippen LogP contribution in [0.4, 0.5) is 14.5 Å². The lowest BCUT2D eigenvalue weighted by atomic mass is 9.95. The van der Waals surface area contributed by atoms with Crippen LogP contribution in [-0.4, -0.2) is 58.2 Å². The minimum absolute atomic E-state index is 0.0981. The first kappa shape index (κ1) is 29.1. The number of piperidine rings is 3. The minimum atomic E-state index is -0.960. The number of nitrogens with zero attached hydrogens (tertiary/aromatic N) is 5. The molecule has 0 aliphatic carbocycles. The predicted octanol–water partition coefficient (Wildman–Crippen LogP) is 6.48. The van der Waals surface area contributed by atoms with E-state index >= 15 is 0 Å². The summed E-state index contributed by atoms with van der Waals surface area (Å²) in [6.45, 7) is 9.24. The Balaban J connectivity index is 1.28. The number of halogens is 2. The molecule has 3 saturated heterocycles. The topological polar surface area (TPSA) is 79.4 Å². The first-order chi connectivity index (χ1) is 21.4. The van der Waals surface area contributed by atoms with E-state index in [0.717, 1.165) is 103 Å². The maximum absolute atomic E-state index is 14.4. The number of imidazole rings is 1. The highest BCUT2D eigenvalue weighted by Crippen LogP contribution is 2.41. The molecule has 8 nitrogen and oxygen atoms in total. The van der Waals surface area contributed by atoms with Gasteiger partial charge >= 0.3 is 0 Å². The van der Waals surface area contributed by atoms with Crippen LogP contribution in [0.5, 0.6) is 0 Å². The lowest BCUT2D eigenvalue weighted by Gasteiger charge is -2.39. The summed E-state index contributed by atoms with van der Waals surface area (Å²) >= 11 is 0. The van der Waals surface area contributed by atoms with Gasteiger partial charge in [0.05, 0.1) is 22.8 Å². The monoisotopic (exact) mass is 602 g/mol. The zero-order chi connectivity index (χ0) is 30.4. The van der Waals surface area contributed by atoms with E-state index in [9.17, 15) is 13.6 Å². The quantitative estimate of drug-likeness (QED) is 0.272. The lowest BCUT2D eigenvalue weighted by Crippen LogP contribution is -2.42. The number of carbonyl (C=O) groups excluding carboxylic acids is 1.